The molecule has 0 aromatic heterocycles. The highest BCUT2D eigenvalue weighted by atomic mass is 16.2. The van der Waals surface area contributed by atoms with E-state index in [0.717, 1.165) is 12.0 Å². The van der Waals surface area contributed by atoms with E-state index in [-0.39, 0.29) is 30.1 Å². The minimum Gasteiger partial charge on any atom is -0.351 e. The topological polar surface area (TPSA) is 75.3 Å². The number of rotatable bonds is 5. The summed E-state index contributed by atoms with van der Waals surface area (Å²) in [6.45, 7) is 0.641. The van der Waals surface area contributed by atoms with Crippen LogP contribution in [-0.2, 0) is 22.4 Å². The Hall–Kier alpha value is -2.95. The van der Waals surface area contributed by atoms with E-state index in [9.17, 15) is 14.4 Å². The van der Waals surface area contributed by atoms with Gasteiger partial charge in [0.15, 0.2) is 0 Å². The zero-order chi connectivity index (χ0) is 18.1. The van der Waals surface area contributed by atoms with Crippen LogP contribution >= 0.6 is 0 Å². The molecule has 0 bridgehead atoms. The van der Waals surface area contributed by atoms with Crippen molar-refractivity contribution in [1.29, 1.82) is 0 Å². The van der Waals surface area contributed by atoms with Crippen molar-refractivity contribution in [3.05, 3.63) is 70.8 Å². The molecule has 2 atom stereocenters. The van der Waals surface area contributed by atoms with Gasteiger partial charge in [0.2, 0.25) is 11.8 Å². The summed E-state index contributed by atoms with van der Waals surface area (Å²) in [6.07, 6.45) is 1.76. The van der Waals surface area contributed by atoms with Crippen LogP contribution in [0, 0.1) is 5.92 Å². The smallest absolute Gasteiger partial charge is 0.251 e. The van der Waals surface area contributed by atoms with Crippen molar-refractivity contribution in [2.45, 2.75) is 25.2 Å². The summed E-state index contributed by atoms with van der Waals surface area (Å²) in [6, 6.07) is 15.6. The van der Waals surface area contributed by atoms with E-state index in [1.807, 2.05) is 24.3 Å². The molecule has 1 aliphatic carbocycles. The van der Waals surface area contributed by atoms with Gasteiger partial charge in [0.05, 0.1) is 5.92 Å². The predicted molar refractivity (Wildman–Crippen MR) is 96.6 cm³/mol. The summed E-state index contributed by atoms with van der Waals surface area (Å²) < 4.78 is 0. The molecule has 0 spiro atoms. The van der Waals surface area contributed by atoms with Gasteiger partial charge in [-0.3, -0.25) is 19.7 Å². The average molecular weight is 348 g/mol. The van der Waals surface area contributed by atoms with Crippen LogP contribution in [0.5, 0.6) is 0 Å². The third-order valence-electron chi connectivity index (χ3n) is 5.23. The van der Waals surface area contributed by atoms with E-state index in [4.69, 9.17) is 0 Å². The summed E-state index contributed by atoms with van der Waals surface area (Å²) in [5.74, 6) is -0.422. The Bertz CT molecular complexity index is 873. The molecular weight excluding hydrogens is 328 g/mol. The van der Waals surface area contributed by atoms with Crippen molar-refractivity contribution in [1.82, 2.24) is 10.6 Å². The largest absolute Gasteiger partial charge is 0.351 e. The monoisotopic (exact) mass is 348 g/mol. The van der Waals surface area contributed by atoms with Gasteiger partial charge >= 0.3 is 0 Å². The molecule has 1 heterocycles. The summed E-state index contributed by atoms with van der Waals surface area (Å²) in [7, 11) is 0. The first kappa shape index (κ1) is 16.5. The van der Waals surface area contributed by atoms with Gasteiger partial charge in [-0.25, -0.2) is 0 Å². The Balaban J connectivity index is 1.31. The first-order valence-corrected chi connectivity index (χ1v) is 8.89. The van der Waals surface area contributed by atoms with Crippen LogP contribution in [-0.4, -0.2) is 24.3 Å². The fraction of sp³-hybridized carbons (Fsp3) is 0.286. The Morgan fingerprint density at radius 3 is 2.46 bits per heavy atom. The lowest BCUT2D eigenvalue weighted by atomic mass is 9.77. The Morgan fingerprint density at radius 1 is 1.00 bits per heavy atom. The molecular formula is C21H20N2O3. The van der Waals surface area contributed by atoms with Crippen molar-refractivity contribution in [2.75, 3.05) is 6.54 Å². The van der Waals surface area contributed by atoms with Crippen LogP contribution < -0.4 is 10.6 Å². The normalized spacial score (nSPS) is 20.9. The number of carbonyl (C=O) groups is 3. The maximum Gasteiger partial charge on any atom is 0.251 e. The second kappa shape index (κ2) is 6.75. The molecule has 2 N–H and O–H groups in total. The maximum absolute atomic E-state index is 12.3. The fourth-order valence-electron chi connectivity index (χ4n) is 3.71. The van der Waals surface area contributed by atoms with Crippen molar-refractivity contribution in [3.63, 3.8) is 0 Å². The number of carbonyl (C=O) groups excluding carboxylic acids is 3. The van der Waals surface area contributed by atoms with E-state index in [2.05, 4.69) is 22.8 Å². The molecule has 4 rings (SSSR count). The number of fused-ring (bicyclic) bond motifs is 1. The third kappa shape index (κ3) is 3.25. The molecule has 5 nitrogen and oxygen atoms in total. The third-order valence-corrected chi connectivity index (χ3v) is 5.23. The number of benzene rings is 2. The standard InChI is InChI=1S/C21H20N2O3/c24-19-11-16(21(26)23-19)9-13-5-7-14(8-6-13)20(25)22-12-17-10-15-3-1-2-4-18(15)17/h1-8,16-17H,9-12H2,(H,22,25)(H,23,24,26)/t16-,17-/m0/s1. The summed E-state index contributed by atoms with van der Waals surface area (Å²) in [4.78, 5) is 35.2. The van der Waals surface area contributed by atoms with E-state index in [0.29, 0.717) is 24.4 Å². The number of hydrogen-bond donors (Lipinski definition) is 2. The number of amides is 3. The summed E-state index contributed by atoms with van der Waals surface area (Å²) in [5, 5.41) is 5.32. The molecule has 0 radical (unpaired) electrons. The van der Waals surface area contributed by atoms with Crippen LogP contribution in [0.25, 0.3) is 0 Å². The lowest BCUT2D eigenvalue weighted by Gasteiger charge is -2.30. The van der Waals surface area contributed by atoms with Gasteiger partial charge in [0.1, 0.15) is 0 Å². The molecule has 3 amide bonds. The van der Waals surface area contributed by atoms with E-state index < -0.39 is 0 Å². The van der Waals surface area contributed by atoms with E-state index >= 15 is 0 Å². The first-order valence-electron chi connectivity index (χ1n) is 8.89. The van der Waals surface area contributed by atoms with Crippen molar-refractivity contribution < 1.29 is 14.4 Å². The van der Waals surface area contributed by atoms with Gasteiger partial charge in [-0.15, -0.1) is 0 Å². The lowest BCUT2D eigenvalue weighted by Crippen LogP contribution is -2.33. The Morgan fingerprint density at radius 2 is 1.77 bits per heavy atom. The average Bonchev–Trinajstić information content (AvgIpc) is 2.93. The molecule has 1 saturated heterocycles. The molecule has 5 heteroatoms. The van der Waals surface area contributed by atoms with Crippen molar-refractivity contribution >= 4 is 17.7 Å². The quantitative estimate of drug-likeness (QED) is 0.811. The maximum atomic E-state index is 12.3. The van der Waals surface area contributed by atoms with Crippen LogP contribution in [0.2, 0.25) is 0 Å². The number of nitrogens with one attached hydrogen (secondary N) is 2. The predicted octanol–water partition coefficient (Wildman–Crippen LogP) is 1.96. The molecule has 0 saturated carbocycles. The van der Waals surface area contributed by atoms with Gasteiger partial charge in [0.25, 0.3) is 5.91 Å². The summed E-state index contributed by atoms with van der Waals surface area (Å²) >= 11 is 0. The second-order valence-corrected chi connectivity index (χ2v) is 7.02. The van der Waals surface area contributed by atoms with Crippen LogP contribution in [0.15, 0.2) is 48.5 Å². The molecule has 1 fully saturated rings. The molecule has 0 unspecified atom stereocenters. The highest BCUT2D eigenvalue weighted by Gasteiger charge is 2.30. The van der Waals surface area contributed by atoms with Gasteiger partial charge < -0.3 is 5.32 Å². The number of hydrogen-bond acceptors (Lipinski definition) is 3. The zero-order valence-electron chi connectivity index (χ0n) is 14.3. The highest BCUT2D eigenvalue weighted by Crippen LogP contribution is 2.34. The van der Waals surface area contributed by atoms with Gasteiger partial charge in [0, 0.05) is 24.4 Å². The fourth-order valence-corrected chi connectivity index (χ4v) is 3.71. The van der Waals surface area contributed by atoms with E-state index in [1.54, 1.807) is 12.1 Å². The molecule has 2 aliphatic rings. The second-order valence-electron chi connectivity index (χ2n) is 7.02. The SMILES string of the molecule is O=C1C[C@H](Cc2ccc(C(=O)NC[C@@H]3Cc4ccccc43)cc2)C(=O)N1. The molecule has 2 aromatic rings. The van der Waals surface area contributed by atoms with Crippen LogP contribution in [0.3, 0.4) is 0 Å². The van der Waals surface area contributed by atoms with E-state index in [1.165, 1.54) is 11.1 Å². The minimum absolute atomic E-state index is 0.0882. The molecule has 132 valence electrons. The van der Waals surface area contributed by atoms with Gasteiger partial charge in [-0.1, -0.05) is 36.4 Å². The van der Waals surface area contributed by atoms with Crippen molar-refractivity contribution in [2.24, 2.45) is 5.92 Å². The van der Waals surface area contributed by atoms with Crippen LogP contribution in [0.4, 0.5) is 0 Å². The Kier molecular flexibility index (Phi) is 4.29. The van der Waals surface area contributed by atoms with Crippen molar-refractivity contribution in [3.8, 4) is 0 Å². The first-order chi connectivity index (χ1) is 12.6. The molecule has 26 heavy (non-hydrogen) atoms. The lowest BCUT2D eigenvalue weighted by molar-refractivity contribution is -0.125. The zero-order valence-corrected chi connectivity index (χ0v) is 14.3. The molecule has 2 aromatic carbocycles. The van der Waals surface area contributed by atoms with Gasteiger partial charge in [-0.2, -0.15) is 0 Å². The minimum atomic E-state index is -0.305. The number of imide groups is 1. The highest BCUT2D eigenvalue weighted by molar-refractivity contribution is 6.03. The Labute approximate surface area is 151 Å². The molecule has 1 aliphatic heterocycles. The van der Waals surface area contributed by atoms with Gasteiger partial charge in [-0.05, 0) is 41.7 Å². The summed E-state index contributed by atoms with van der Waals surface area (Å²) in [5.41, 5.74) is 4.25. The van der Waals surface area contributed by atoms with Crippen LogP contribution in [0.1, 0.15) is 39.4 Å².